The Balaban J connectivity index is 1.62. The van der Waals surface area contributed by atoms with Crippen LogP contribution in [0, 0.1) is 41.5 Å². The van der Waals surface area contributed by atoms with Gasteiger partial charge in [-0.3, -0.25) is 0 Å². The lowest BCUT2D eigenvalue weighted by atomic mass is 9.88. The van der Waals surface area contributed by atoms with Gasteiger partial charge in [0, 0.05) is 5.56 Å². The van der Waals surface area contributed by atoms with Crippen LogP contribution in [-0.2, 0) is 12.8 Å². The predicted octanol–water partition coefficient (Wildman–Crippen LogP) is 10.4. The summed E-state index contributed by atoms with van der Waals surface area (Å²) in [6.07, 6.45) is 1.99. The van der Waals surface area contributed by atoms with Crippen molar-refractivity contribution < 1.29 is 4.74 Å². The molecule has 1 nitrogen and oxygen atoms in total. The molecule has 0 saturated heterocycles. The number of rotatable bonds is 7. The van der Waals surface area contributed by atoms with Gasteiger partial charge in [-0.15, -0.1) is 0 Å². The van der Waals surface area contributed by atoms with Gasteiger partial charge < -0.3 is 4.74 Å². The first-order valence-electron chi connectivity index (χ1n) is 13.9. The Morgan fingerprint density at radius 3 is 1.67 bits per heavy atom. The molecule has 5 aromatic carbocycles. The van der Waals surface area contributed by atoms with E-state index in [4.69, 9.17) is 4.74 Å². The third-order valence-electron chi connectivity index (χ3n) is 7.86. The maximum absolute atomic E-state index is 6.55. The van der Waals surface area contributed by atoms with E-state index in [2.05, 4.69) is 139 Å². The molecule has 0 radical (unpaired) electrons. The number of ether oxygens (including phenoxy) is 1. The van der Waals surface area contributed by atoms with Crippen molar-refractivity contribution in [2.75, 3.05) is 0 Å². The molecule has 0 N–H and O–H groups in total. The van der Waals surface area contributed by atoms with Gasteiger partial charge in [-0.1, -0.05) is 83.9 Å². The molecule has 0 aliphatic carbocycles. The van der Waals surface area contributed by atoms with Crippen molar-refractivity contribution in [1.29, 1.82) is 0 Å². The third kappa shape index (κ3) is 6.15. The van der Waals surface area contributed by atoms with E-state index < -0.39 is 0 Å². The molecule has 0 unspecified atom stereocenters. The number of hydrogen-bond donors (Lipinski definition) is 0. The first-order valence-corrected chi connectivity index (χ1v) is 13.9. The van der Waals surface area contributed by atoms with Crippen molar-refractivity contribution >= 4 is 0 Å². The van der Waals surface area contributed by atoms with Gasteiger partial charge in [-0.2, -0.15) is 0 Å². The average molecular weight is 511 g/mol. The first kappa shape index (κ1) is 26.5. The molecule has 0 saturated carbocycles. The van der Waals surface area contributed by atoms with Gasteiger partial charge in [0.05, 0.1) is 0 Å². The van der Waals surface area contributed by atoms with Crippen LogP contribution < -0.4 is 4.74 Å². The number of aryl methyl sites for hydroxylation is 8. The molecule has 5 rings (SSSR count). The summed E-state index contributed by atoms with van der Waals surface area (Å²) in [6, 6.07) is 35.3. The molecule has 0 spiro atoms. The van der Waals surface area contributed by atoms with Gasteiger partial charge >= 0.3 is 0 Å². The topological polar surface area (TPSA) is 9.23 Å². The molecule has 5 aromatic rings. The van der Waals surface area contributed by atoms with E-state index in [0.29, 0.717) is 0 Å². The SMILES string of the molecule is Cc1ccc(CCc2ccc(Oc3ccc(C)cc3)c(-c3cc(C)c(C)cc3-c3ccc(C)c(C)c3)c2)cc1. The zero-order chi connectivity index (χ0) is 27.5. The van der Waals surface area contributed by atoms with Crippen molar-refractivity contribution in [1.82, 2.24) is 0 Å². The van der Waals surface area contributed by atoms with Crippen LogP contribution in [-0.4, -0.2) is 0 Å². The number of hydrogen-bond acceptors (Lipinski definition) is 1. The van der Waals surface area contributed by atoms with Crippen LogP contribution >= 0.6 is 0 Å². The molecule has 0 fully saturated rings. The Labute approximate surface area is 234 Å². The zero-order valence-corrected chi connectivity index (χ0v) is 24.1. The molecule has 0 atom stereocenters. The van der Waals surface area contributed by atoms with Crippen LogP contribution in [0.1, 0.15) is 44.5 Å². The molecule has 0 aliphatic heterocycles. The Morgan fingerprint density at radius 2 is 1.00 bits per heavy atom. The molecule has 0 aromatic heterocycles. The highest BCUT2D eigenvalue weighted by Crippen LogP contribution is 2.41. The zero-order valence-electron chi connectivity index (χ0n) is 24.1. The Kier molecular flexibility index (Phi) is 7.70. The molecule has 0 aliphatic rings. The second-order valence-corrected chi connectivity index (χ2v) is 11.0. The van der Waals surface area contributed by atoms with Crippen LogP contribution in [0.4, 0.5) is 0 Å². The van der Waals surface area contributed by atoms with E-state index in [9.17, 15) is 0 Å². The van der Waals surface area contributed by atoms with Crippen LogP contribution in [0.2, 0.25) is 0 Å². The summed E-state index contributed by atoms with van der Waals surface area (Å²) in [5.41, 5.74) is 15.2. The van der Waals surface area contributed by atoms with Crippen molar-refractivity contribution in [3.8, 4) is 33.8 Å². The average Bonchev–Trinajstić information content (AvgIpc) is 2.93. The van der Waals surface area contributed by atoms with Crippen LogP contribution in [0.5, 0.6) is 11.5 Å². The van der Waals surface area contributed by atoms with Gasteiger partial charge in [-0.25, -0.2) is 0 Å². The highest BCUT2D eigenvalue weighted by atomic mass is 16.5. The van der Waals surface area contributed by atoms with Crippen molar-refractivity contribution in [2.45, 2.75) is 54.4 Å². The lowest BCUT2D eigenvalue weighted by Crippen LogP contribution is -1.97. The summed E-state index contributed by atoms with van der Waals surface area (Å²) in [5, 5.41) is 0. The Morgan fingerprint density at radius 1 is 0.436 bits per heavy atom. The highest BCUT2D eigenvalue weighted by Gasteiger charge is 2.16. The minimum atomic E-state index is 0.853. The summed E-state index contributed by atoms with van der Waals surface area (Å²) in [7, 11) is 0. The molecule has 0 bridgehead atoms. The van der Waals surface area contributed by atoms with E-state index in [0.717, 1.165) is 29.9 Å². The summed E-state index contributed by atoms with van der Waals surface area (Å²) in [6.45, 7) is 13.0. The minimum absolute atomic E-state index is 0.853. The fourth-order valence-electron chi connectivity index (χ4n) is 5.00. The molecular weight excluding hydrogens is 472 g/mol. The fourth-order valence-corrected chi connectivity index (χ4v) is 5.00. The van der Waals surface area contributed by atoms with E-state index in [1.807, 2.05) is 0 Å². The maximum atomic E-state index is 6.55. The van der Waals surface area contributed by atoms with Gasteiger partial charge in [0.1, 0.15) is 11.5 Å². The van der Waals surface area contributed by atoms with E-state index in [-0.39, 0.29) is 0 Å². The quantitative estimate of drug-likeness (QED) is 0.212. The third-order valence-corrected chi connectivity index (χ3v) is 7.86. The number of benzene rings is 5. The molecule has 0 amide bonds. The van der Waals surface area contributed by atoms with Crippen molar-refractivity contribution in [2.24, 2.45) is 0 Å². The molecule has 1 heteroatoms. The normalized spacial score (nSPS) is 11.0. The van der Waals surface area contributed by atoms with Crippen molar-refractivity contribution in [3.05, 3.63) is 142 Å². The highest BCUT2D eigenvalue weighted by molar-refractivity contribution is 5.88. The summed E-state index contributed by atoms with van der Waals surface area (Å²) >= 11 is 0. The van der Waals surface area contributed by atoms with Crippen molar-refractivity contribution in [3.63, 3.8) is 0 Å². The fraction of sp³-hybridized carbons (Fsp3) is 0.211. The molecule has 196 valence electrons. The largest absolute Gasteiger partial charge is 0.457 e. The smallest absolute Gasteiger partial charge is 0.135 e. The molecule has 39 heavy (non-hydrogen) atoms. The summed E-state index contributed by atoms with van der Waals surface area (Å²) < 4.78 is 6.55. The molecular formula is C38H38O. The van der Waals surface area contributed by atoms with E-state index >= 15 is 0 Å². The second kappa shape index (κ2) is 11.3. The first-order chi connectivity index (χ1) is 18.8. The van der Waals surface area contributed by atoms with E-state index in [1.54, 1.807) is 0 Å². The lowest BCUT2D eigenvalue weighted by molar-refractivity contribution is 0.484. The summed E-state index contributed by atoms with van der Waals surface area (Å²) in [4.78, 5) is 0. The van der Waals surface area contributed by atoms with E-state index in [1.165, 1.54) is 61.2 Å². The van der Waals surface area contributed by atoms with Gasteiger partial charge in [0.25, 0.3) is 0 Å². The second-order valence-electron chi connectivity index (χ2n) is 11.0. The van der Waals surface area contributed by atoms with Gasteiger partial charge in [0.15, 0.2) is 0 Å². The van der Waals surface area contributed by atoms with Gasteiger partial charge in [0.2, 0.25) is 0 Å². The van der Waals surface area contributed by atoms with Gasteiger partial charge in [-0.05, 0) is 129 Å². The van der Waals surface area contributed by atoms with Crippen LogP contribution in [0.25, 0.3) is 22.3 Å². The monoisotopic (exact) mass is 510 g/mol. The van der Waals surface area contributed by atoms with Crippen LogP contribution in [0.15, 0.2) is 97.1 Å². The summed E-state index contributed by atoms with van der Waals surface area (Å²) in [5.74, 6) is 1.73. The Hall–Kier alpha value is -4.10. The van der Waals surface area contributed by atoms with Crippen LogP contribution in [0.3, 0.4) is 0 Å². The Bertz CT molecular complexity index is 1610. The predicted molar refractivity (Wildman–Crippen MR) is 166 cm³/mol. The lowest BCUT2D eigenvalue weighted by Gasteiger charge is -2.19. The molecule has 0 heterocycles. The maximum Gasteiger partial charge on any atom is 0.135 e. The standard InChI is InChI=1S/C38H38O/c1-25-7-12-31(13-8-25)14-15-32-16-20-38(39-34-18-9-26(2)10-19-34)37(24-32)36-23-30(6)29(5)22-35(36)33-17-11-27(3)28(4)21-33/h7-13,16-24H,14-15H2,1-6H3. The minimum Gasteiger partial charge on any atom is -0.457 e.